The Morgan fingerprint density at radius 3 is 3.00 bits per heavy atom. The second-order valence-electron chi connectivity index (χ2n) is 4.54. The van der Waals surface area contributed by atoms with Crippen LogP contribution in [0.15, 0.2) is 41.6 Å². The number of nitrogens with one attached hydrogen (secondary N) is 2. The van der Waals surface area contributed by atoms with Crippen LogP contribution in [0.5, 0.6) is 0 Å². The van der Waals surface area contributed by atoms with Crippen molar-refractivity contribution in [1.29, 1.82) is 0 Å². The largest absolute Gasteiger partial charge is 0.358 e. The monoisotopic (exact) mass is 263 g/mol. The van der Waals surface area contributed by atoms with E-state index in [-0.39, 0.29) is 0 Å². The highest BCUT2D eigenvalue weighted by Gasteiger charge is 2.18. The van der Waals surface area contributed by atoms with Gasteiger partial charge in [0.05, 0.1) is 5.71 Å². The van der Waals surface area contributed by atoms with Gasteiger partial charge < -0.3 is 5.32 Å². The van der Waals surface area contributed by atoms with Crippen LogP contribution in [0.3, 0.4) is 0 Å². The zero-order valence-corrected chi connectivity index (χ0v) is 11.9. The van der Waals surface area contributed by atoms with Gasteiger partial charge in [-0.3, -0.25) is 5.43 Å². The van der Waals surface area contributed by atoms with Crippen LogP contribution < -0.4 is 10.7 Å². The number of hydrogen-bond acceptors (Lipinski definition) is 2. The molecule has 0 spiro atoms. The van der Waals surface area contributed by atoms with Crippen molar-refractivity contribution >= 4 is 23.0 Å². The van der Waals surface area contributed by atoms with Gasteiger partial charge in [-0.05, 0) is 50.4 Å². The first kappa shape index (κ1) is 14.6. The van der Waals surface area contributed by atoms with Crippen molar-refractivity contribution < 1.29 is 0 Å². The maximum absolute atomic E-state index is 5.09. The first-order valence-electron chi connectivity index (χ1n) is 6.08. The smallest absolute Gasteiger partial charge is 0.187 e. The third-order valence-electron chi connectivity index (χ3n) is 3.00. The zero-order valence-electron chi connectivity index (χ0n) is 11.1. The van der Waals surface area contributed by atoms with Crippen molar-refractivity contribution in [2.24, 2.45) is 11.0 Å². The van der Waals surface area contributed by atoms with Gasteiger partial charge in [0.25, 0.3) is 0 Å². The minimum absolute atomic E-state index is 0.490. The minimum Gasteiger partial charge on any atom is -0.358 e. The highest BCUT2D eigenvalue weighted by Crippen LogP contribution is 2.26. The summed E-state index contributed by atoms with van der Waals surface area (Å²) in [5.41, 5.74) is 6.34. The van der Waals surface area contributed by atoms with Crippen LogP contribution >= 0.6 is 12.2 Å². The minimum atomic E-state index is 0.490. The molecule has 0 amide bonds. The fourth-order valence-electron chi connectivity index (χ4n) is 1.75. The number of thiocarbonyl (C=S) groups is 1. The molecule has 98 valence electrons. The summed E-state index contributed by atoms with van der Waals surface area (Å²) in [6.45, 7) is 12.4. The summed E-state index contributed by atoms with van der Waals surface area (Å²) >= 11 is 5.09. The molecule has 0 bridgehead atoms. The van der Waals surface area contributed by atoms with E-state index in [0.717, 1.165) is 18.6 Å². The van der Waals surface area contributed by atoms with Crippen molar-refractivity contribution in [3.63, 3.8) is 0 Å². The predicted octanol–water partition coefficient (Wildman–Crippen LogP) is 2.92. The van der Waals surface area contributed by atoms with E-state index in [1.54, 1.807) is 6.08 Å². The molecule has 0 aromatic rings. The molecule has 0 fully saturated rings. The van der Waals surface area contributed by atoms with E-state index in [1.165, 1.54) is 11.1 Å². The zero-order chi connectivity index (χ0) is 13.5. The molecule has 1 rings (SSSR count). The Morgan fingerprint density at radius 2 is 2.39 bits per heavy atom. The highest BCUT2D eigenvalue weighted by molar-refractivity contribution is 7.80. The van der Waals surface area contributed by atoms with Gasteiger partial charge in [-0.25, -0.2) is 0 Å². The van der Waals surface area contributed by atoms with Crippen LogP contribution in [-0.2, 0) is 0 Å². The SMILES string of the molecule is C=CCNC(=S)NN=C1C[C@@H](C(=C)C)CC=C1C. The summed E-state index contributed by atoms with van der Waals surface area (Å²) in [4.78, 5) is 0. The van der Waals surface area contributed by atoms with Crippen LogP contribution in [0.2, 0.25) is 0 Å². The van der Waals surface area contributed by atoms with Gasteiger partial charge in [-0.15, -0.1) is 6.58 Å². The van der Waals surface area contributed by atoms with Crippen LogP contribution in [0, 0.1) is 5.92 Å². The van der Waals surface area contributed by atoms with Gasteiger partial charge >= 0.3 is 0 Å². The van der Waals surface area contributed by atoms with Crippen LogP contribution in [0.1, 0.15) is 26.7 Å². The van der Waals surface area contributed by atoms with Crippen molar-refractivity contribution in [3.8, 4) is 0 Å². The number of hydrazone groups is 1. The lowest BCUT2D eigenvalue weighted by Gasteiger charge is -2.22. The van der Waals surface area contributed by atoms with E-state index < -0.39 is 0 Å². The molecule has 0 aliphatic heterocycles. The second kappa shape index (κ2) is 7.11. The lowest BCUT2D eigenvalue weighted by Crippen LogP contribution is -2.33. The van der Waals surface area contributed by atoms with E-state index in [4.69, 9.17) is 12.2 Å². The Balaban J connectivity index is 2.60. The van der Waals surface area contributed by atoms with Gasteiger partial charge in [0.15, 0.2) is 5.11 Å². The van der Waals surface area contributed by atoms with E-state index in [0.29, 0.717) is 17.6 Å². The van der Waals surface area contributed by atoms with Gasteiger partial charge in [0.1, 0.15) is 0 Å². The average Bonchev–Trinajstić information content (AvgIpc) is 2.35. The van der Waals surface area contributed by atoms with Gasteiger partial charge in [-0.1, -0.05) is 24.3 Å². The summed E-state index contributed by atoms with van der Waals surface area (Å²) in [6.07, 6.45) is 5.95. The summed E-state index contributed by atoms with van der Waals surface area (Å²) in [5.74, 6) is 0.490. The molecular formula is C14H21N3S. The van der Waals surface area contributed by atoms with Gasteiger partial charge in [-0.2, -0.15) is 5.10 Å². The quantitative estimate of drug-likeness (QED) is 0.465. The number of rotatable bonds is 4. The fourth-order valence-corrected chi connectivity index (χ4v) is 1.88. The molecule has 3 nitrogen and oxygen atoms in total. The van der Waals surface area contributed by atoms with Gasteiger partial charge in [0.2, 0.25) is 0 Å². The maximum Gasteiger partial charge on any atom is 0.187 e. The molecule has 1 aliphatic carbocycles. The summed E-state index contributed by atoms with van der Waals surface area (Å²) in [5, 5.41) is 7.87. The Bertz CT molecular complexity index is 407. The number of hydrogen-bond donors (Lipinski definition) is 2. The molecule has 18 heavy (non-hydrogen) atoms. The summed E-state index contributed by atoms with van der Waals surface area (Å²) in [7, 11) is 0. The Labute approximate surface area is 115 Å². The standard InChI is InChI=1S/C14H21N3S/c1-5-8-15-14(18)17-16-13-9-12(10(2)3)7-6-11(13)4/h5-6,12H,1-2,7-9H2,3-4H3,(H2,15,17,18)/t12-/m0/s1. The maximum atomic E-state index is 5.09. The van der Waals surface area contributed by atoms with Crippen molar-refractivity contribution in [2.45, 2.75) is 26.7 Å². The molecule has 0 aromatic heterocycles. The van der Waals surface area contributed by atoms with Gasteiger partial charge in [0, 0.05) is 6.54 Å². The van der Waals surface area contributed by atoms with Crippen LogP contribution in [-0.4, -0.2) is 17.4 Å². The van der Waals surface area contributed by atoms with E-state index in [9.17, 15) is 0 Å². The first-order valence-corrected chi connectivity index (χ1v) is 6.49. The molecule has 0 aromatic carbocycles. The third-order valence-corrected chi connectivity index (χ3v) is 3.24. The summed E-state index contributed by atoms with van der Waals surface area (Å²) in [6, 6.07) is 0. The summed E-state index contributed by atoms with van der Waals surface area (Å²) < 4.78 is 0. The van der Waals surface area contributed by atoms with Crippen molar-refractivity contribution in [2.75, 3.05) is 6.54 Å². The molecule has 0 saturated heterocycles. The van der Waals surface area contributed by atoms with E-state index in [1.807, 2.05) is 0 Å². The first-order chi connectivity index (χ1) is 8.54. The molecular weight excluding hydrogens is 242 g/mol. The third kappa shape index (κ3) is 4.45. The number of nitrogens with zero attached hydrogens (tertiary/aromatic N) is 1. The molecule has 0 unspecified atom stereocenters. The molecule has 0 heterocycles. The van der Waals surface area contributed by atoms with E-state index in [2.05, 4.69) is 48.9 Å². The fraction of sp³-hybridized carbons (Fsp3) is 0.429. The van der Waals surface area contributed by atoms with Crippen molar-refractivity contribution in [1.82, 2.24) is 10.7 Å². The topological polar surface area (TPSA) is 36.4 Å². The second-order valence-corrected chi connectivity index (χ2v) is 4.95. The molecule has 1 aliphatic rings. The molecule has 1 atom stereocenters. The van der Waals surface area contributed by atoms with Crippen molar-refractivity contribution in [3.05, 3.63) is 36.5 Å². The lowest BCUT2D eigenvalue weighted by molar-refractivity contribution is 0.636. The highest BCUT2D eigenvalue weighted by atomic mass is 32.1. The average molecular weight is 263 g/mol. The molecule has 0 saturated carbocycles. The molecule has 4 heteroatoms. The van der Waals surface area contributed by atoms with Crippen LogP contribution in [0.4, 0.5) is 0 Å². The predicted molar refractivity (Wildman–Crippen MR) is 82.7 cm³/mol. The van der Waals surface area contributed by atoms with E-state index >= 15 is 0 Å². The Hall–Kier alpha value is -1.42. The normalized spacial score (nSPS) is 21.1. The molecule has 0 radical (unpaired) electrons. The Morgan fingerprint density at radius 1 is 1.67 bits per heavy atom. The Kier molecular flexibility index (Phi) is 5.78. The lowest BCUT2D eigenvalue weighted by atomic mass is 9.85. The van der Waals surface area contributed by atoms with Crippen LogP contribution in [0.25, 0.3) is 0 Å². The number of allylic oxidation sites excluding steroid dienone is 3. The molecule has 2 N–H and O–H groups in total.